The van der Waals surface area contributed by atoms with E-state index in [0.29, 0.717) is 28.2 Å². The van der Waals surface area contributed by atoms with Crippen LogP contribution in [0.2, 0.25) is 0 Å². The second-order valence-electron chi connectivity index (χ2n) is 11.6. The normalized spacial score (nSPS) is 11.6. The van der Waals surface area contributed by atoms with Crippen molar-refractivity contribution in [2.45, 2.75) is 79.1 Å². The van der Waals surface area contributed by atoms with E-state index in [1.54, 1.807) is 60.7 Å². The first-order valence-electron chi connectivity index (χ1n) is 13.7. The maximum absolute atomic E-state index is 13.2. The van der Waals surface area contributed by atoms with Gasteiger partial charge in [0.05, 0.1) is 12.8 Å². The van der Waals surface area contributed by atoms with Crippen LogP contribution in [-0.4, -0.2) is 68.2 Å². The van der Waals surface area contributed by atoms with Gasteiger partial charge < -0.3 is 23.5 Å². The van der Waals surface area contributed by atoms with Gasteiger partial charge in [0.1, 0.15) is 15.8 Å². The fourth-order valence-electron chi connectivity index (χ4n) is 3.47. The number of amides is 3. The Labute approximate surface area is 259 Å². The number of imide groups is 1. The Morgan fingerprint density at radius 3 is 2.05 bits per heavy atom. The summed E-state index contributed by atoms with van der Waals surface area (Å²) in [7, 11) is 1.67. The van der Waals surface area contributed by atoms with E-state index in [9.17, 15) is 14.4 Å². The van der Waals surface area contributed by atoms with Crippen molar-refractivity contribution >= 4 is 40.0 Å². The number of halogens is 1. The summed E-state index contributed by atoms with van der Waals surface area (Å²) >= 11 is 3.27. The Balaban J connectivity index is 1.90. The van der Waals surface area contributed by atoms with Gasteiger partial charge in [-0.05, 0) is 81.6 Å². The molecule has 3 aromatic rings. The predicted molar refractivity (Wildman–Crippen MR) is 161 cm³/mol. The largest absolute Gasteiger partial charge is 0.449 e. The molecule has 13 nitrogen and oxygen atoms in total. The molecule has 0 atom stereocenters. The number of hydrogen-bond acceptors (Lipinski definition) is 11. The number of unbranched alkanes of at least 4 members (excludes halogenated alkanes) is 1. The summed E-state index contributed by atoms with van der Waals surface area (Å²) in [5.41, 5.74) is -0.437. The average Bonchev–Trinajstić information content (AvgIpc) is 3.38. The lowest BCUT2D eigenvalue weighted by molar-refractivity contribution is 0.0428. The second kappa shape index (κ2) is 13.9. The maximum atomic E-state index is 13.2. The van der Waals surface area contributed by atoms with Crippen LogP contribution in [0.1, 0.15) is 66.9 Å². The topological polar surface area (TPSA) is 150 Å². The molecule has 2 aromatic heterocycles. The molecule has 3 amide bonds. The molecular weight excluding hydrogens is 624 g/mol. The van der Waals surface area contributed by atoms with Crippen LogP contribution < -0.4 is 4.90 Å². The molecule has 0 N–H and O–H groups in total. The Morgan fingerprint density at radius 2 is 1.49 bits per heavy atom. The highest BCUT2D eigenvalue weighted by Crippen LogP contribution is 2.32. The van der Waals surface area contributed by atoms with Gasteiger partial charge in [-0.1, -0.05) is 25.5 Å². The van der Waals surface area contributed by atoms with Crippen LogP contribution >= 0.6 is 15.9 Å². The molecule has 1 aromatic carbocycles. The van der Waals surface area contributed by atoms with E-state index in [4.69, 9.17) is 18.6 Å². The SMILES string of the molecule is CCCCOC(=O)N(C)Cc1ccc(-c2nnc(-c3nc(Br)cnc3N(C(=O)OC(C)(C)C)C(=O)OC(C)(C)C)o2)cc1. The van der Waals surface area contributed by atoms with Crippen molar-refractivity contribution in [3.8, 4) is 23.0 Å². The van der Waals surface area contributed by atoms with Crippen molar-refractivity contribution in [3.05, 3.63) is 40.6 Å². The number of anilines is 1. The maximum Gasteiger partial charge on any atom is 0.425 e. The lowest BCUT2D eigenvalue weighted by Crippen LogP contribution is -2.44. The third kappa shape index (κ3) is 9.73. The molecule has 14 heteroatoms. The van der Waals surface area contributed by atoms with E-state index in [0.717, 1.165) is 18.4 Å². The zero-order valence-electron chi connectivity index (χ0n) is 25.6. The van der Waals surface area contributed by atoms with Crippen molar-refractivity contribution in [1.82, 2.24) is 25.1 Å². The minimum atomic E-state index is -1.02. The third-order valence-electron chi connectivity index (χ3n) is 5.37. The van der Waals surface area contributed by atoms with Crippen LogP contribution in [0.15, 0.2) is 39.5 Å². The summed E-state index contributed by atoms with van der Waals surface area (Å²) in [6.45, 7) is 12.8. The molecule has 0 spiro atoms. The molecule has 232 valence electrons. The van der Waals surface area contributed by atoms with Gasteiger partial charge in [0.25, 0.3) is 5.89 Å². The van der Waals surface area contributed by atoms with Crippen LogP contribution in [0.3, 0.4) is 0 Å². The second-order valence-corrected chi connectivity index (χ2v) is 12.4. The zero-order chi connectivity index (χ0) is 31.9. The fourth-order valence-corrected chi connectivity index (χ4v) is 3.75. The number of aromatic nitrogens is 4. The molecule has 43 heavy (non-hydrogen) atoms. The number of ether oxygens (including phenoxy) is 3. The third-order valence-corrected chi connectivity index (χ3v) is 5.75. The summed E-state index contributed by atoms with van der Waals surface area (Å²) in [5.74, 6) is -0.164. The molecule has 0 saturated heterocycles. The van der Waals surface area contributed by atoms with Crippen molar-refractivity contribution in [2.24, 2.45) is 0 Å². The van der Waals surface area contributed by atoms with E-state index in [1.165, 1.54) is 11.1 Å². The quantitative estimate of drug-likeness (QED) is 0.181. The first kappa shape index (κ1) is 33.4. The van der Waals surface area contributed by atoms with Crippen molar-refractivity contribution in [3.63, 3.8) is 0 Å². The fraction of sp³-hybridized carbons (Fsp3) is 0.483. The van der Waals surface area contributed by atoms with Gasteiger partial charge in [-0.25, -0.2) is 24.4 Å². The predicted octanol–water partition coefficient (Wildman–Crippen LogP) is 7.00. The standard InChI is InChI=1S/C29H37BrN6O7/c1-9-10-15-40-25(37)35(8)17-18-11-13-19(14-12-18)23-33-34-24(41-23)21-22(31-16-20(30)32-21)36(26(38)42-28(2,3)4)27(39)43-29(5,6)7/h11-14,16H,9-10,15,17H2,1-8H3. The summed E-state index contributed by atoms with van der Waals surface area (Å²) in [5, 5.41) is 8.23. The van der Waals surface area contributed by atoms with Gasteiger partial charge in [-0.2, -0.15) is 4.90 Å². The lowest BCUT2D eigenvalue weighted by atomic mass is 10.1. The number of nitrogens with zero attached hydrogens (tertiary/aromatic N) is 6. The summed E-state index contributed by atoms with van der Waals surface area (Å²) in [6, 6.07) is 7.19. The molecular formula is C29H37BrN6O7. The zero-order valence-corrected chi connectivity index (χ0v) is 27.2. The van der Waals surface area contributed by atoms with Crippen LogP contribution in [0.25, 0.3) is 23.0 Å². The van der Waals surface area contributed by atoms with Crippen LogP contribution in [0.4, 0.5) is 20.2 Å². The highest BCUT2D eigenvalue weighted by Gasteiger charge is 2.37. The van der Waals surface area contributed by atoms with Gasteiger partial charge in [-0.3, -0.25) is 0 Å². The van der Waals surface area contributed by atoms with E-state index in [-0.39, 0.29) is 23.3 Å². The van der Waals surface area contributed by atoms with E-state index < -0.39 is 29.5 Å². The van der Waals surface area contributed by atoms with Crippen molar-refractivity contribution in [1.29, 1.82) is 0 Å². The highest BCUT2D eigenvalue weighted by atomic mass is 79.9. The first-order valence-corrected chi connectivity index (χ1v) is 14.5. The van der Waals surface area contributed by atoms with Crippen molar-refractivity contribution in [2.75, 3.05) is 18.6 Å². The van der Waals surface area contributed by atoms with E-state index in [1.807, 2.05) is 19.1 Å². The summed E-state index contributed by atoms with van der Waals surface area (Å²) in [4.78, 5) is 49.4. The van der Waals surface area contributed by atoms with Gasteiger partial charge in [0.15, 0.2) is 11.5 Å². The van der Waals surface area contributed by atoms with Gasteiger partial charge in [0, 0.05) is 19.2 Å². The van der Waals surface area contributed by atoms with Gasteiger partial charge in [0.2, 0.25) is 5.89 Å². The molecule has 0 radical (unpaired) electrons. The molecule has 0 bridgehead atoms. The molecule has 0 fully saturated rings. The number of hydrogen-bond donors (Lipinski definition) is 0. The summed E-state index contributed by atoms with van der Waals surface area (Å²) in [6.07, 6.45) is 0.637. The molecule has 0 unspecified atom stereocenters. The molecule has 0 saturated carbocycles. The lowest BCUT2D eigenvalue weighted by Gasteiger charge is -2.28. The Hall–Kier alpha value is -4.07. The Bertz CT molecular complexity index is 1400. The minimum Gasteiger partial charge on any atom is -0.449 e. The molecule has 0 aliphatic rings. The smallest absolute Gasteiger partial charge is 0.425 e. The van der Waals surface area contributed by atoms with Crippen LogP contribution in [-0.2, 0) is 20.8 Å². The first-order chi connectivity index (χ1) is 20.1. The average molecular weight is 662 g/mol. The number of carbonyl (C=O) groups is 3. The molecule has 0 aliphatic carbocycles. The van der Waals surface area contributed by atoms with Crippen LogP contribution in [0.5, 0.6) is 0 Å². The van der Waals surface area contributed by atoms with Gasteiger partial charge in [-0.15, -0.1) is 10.2 Å². The monoisotopic (exact) mass is 660 g/mol. The van der Waals surface area contributed by atoms with Gasteiger partial charge >= 0.3 is 18.3 Å². The van der Waals surface area contributed by atoms with Crippen molar-refractivity contribution < 1.29 is 33.0 Å². The molecule has 0 aliphatic heterocycles. The Kier molecular flexibility index (Phi) is 10.8. The minimum absolute atomic E-state index is 0.0512. The highest BCUT2D eigenvalue weighted by molar-refractivity contribution is 9.10. The van der Waals surface area contributed by atoms with Crippen LogP contribution in [0, 0.1) is 0 Å². The Morgan fingerprint density at radius 1 is 0.907 bits per heavy atom. The molecule has 2 heterocycles. The molecule has 3 rings (SSSR count). The summed E-state index contributed by atoms with van der Waals surface area (Å²) < 4.78 is 22.4. The number of rotatable bonds is 8. The number of carbonyl (C=O) groups excluding carboxylic acids is 3. The van der Waals surface area contributed by atoms with E-state index >= 15 is 0 Å². The van der Waals surface area contributed by atoms with E-state index in [2.05, 4.69) is 36.1 Å². The number of benzene rings is 1.